The van der Waals surface area contributed by atoms with Crippen molar-refractivity contribution >= 4 is 29.3 Å². The second-order valence-corrected chi connectivity index (χ2v) is 7.85. The molecule has 0 fully saturated rings. The SMILES string of the molecule is CCC(C(=O)Nc1cccc(C(F)(F)F)c1)n1c(N)nnc1SCCc1ccccc1. The Labute approximate surface area is 182 Å². The number of hydrogen-bond donors (Lipinski definition) is 2. The third-order valence-electron chi connectivity index (χ3n) is 4.61. The topological polar surface area (TPSA) is 85.8 Å². The molecule has 31 heavy (non-hydrogen) atoms. The first-order valence-corrected chi connectivity index (χ1v) is 10.6. The number of nitrogens with one attached hydrogen (secondary N) is 1. The van der Waals surface area contributed by atoms with Crippen LogP contribution in [0.1, 0.15) is 30.5 Å². The van der Waals surface area contributed by atoms with Gasteiger partial charge >= 0.3 is 6.18 Å². The number of benzene rings is 2. The molecule has 0 saturated heterocycles. The molecule has 1 heterocycles. The van der Waals surface area contributed by atoms with Crippen LogP contribution in [0.4, 0.5) is 24.8 Å². The third-order valence-corrected chi connectivity index (χ3v) is 5.56. The molecule has 0 spiro atoms. The molecule has 0 bridgehead atoms. The normalized spacial score (nSPS) is 12.5. The molecule has 0 aliphatic heterocycles. The number of carbonyl (C=O) groups is 1. The molecule has 1 atom stereocenters. The Kier molecular flexibility index (Phi) is 7.21. The predicted molar refractivity (Wildman–Crippen MR) is 115 cm³/mol. The maximum atomic E-state index is 12.9. The van der Waals surface area contributed by atoms with E-state index in [0.717, 1.165) is 18.6 Å². The van der Waals surface area contributed by atoms with E-state index in [9.17, 15) is 18.0 Å². The minimum absolute atomic E-state index is 0.0585. The standard InChI is InChI=1S/C21H22F3N5OS/c1-2-17(18(30)26-16-10-6-9-15(13-16)21(22,23)24)29-19(25)27-28-20(29)31-12-11-14-7-4-3-5-8-14/h3-10,13,17H,2,11-12H2,1H3,(H2,25,27)(H,26,30). The summed E-state index contributed by atoms with van der Waals surface area (Å²) in [5, 5.41) is 11.0. The summed E-state index contributed by atoms with van der Waals surface area (Å²) in [5.74, 6) is 0.292. The molecule has 1 amide bonds. The Hall–Kier alpha value is -3.01. The molecule has 164 valence electrons. The number of halogens is 3. The zero-order chi connectivity index (χ0) is 22.4. The van der Waals surface area contributed by atoms with Crippen LogP contribution in [0.15, 0.2) is 59.8 Å². The van der Waals surface area contributed by atoms with E-state index >= 15 is 0 Å². The molecule has 10 heteroatoms. The first-order valence-electron chi connectivity index (χ1n) is 9.64. The van der Waals surface area contributed by atoms with Gasteiger partial charge in [-0.3, -0.25) is 9.36 Å². The quantitative estimate of drug-likeness (QED) is 0.483. The highest BCUT2D eigenvalue weighted by Gasteiger charge is 2.31. The second kappa shape index (κ2) is 9.86. The first kappa shape index (κ1) is 22.7. The van der Waals surface area contributed by atoms with Crippen molar-refractivity contribution in [3.8, 4) is 0 Å². The lowest BCUT2D eigenvalue weighted by Gasteiger charge is -2.19. The summed E-state index contributed by atoms with van der Waals surface area (Å²) in [4.78, 5) is 12.9. The zero-order valence-corrected chi connectivity index (χ0v) is 17.6. The van der Waals surface area contributed by atoms with Gasteiger partial charge in [0.1, 0.15) is 6.04 Å². The number of nitrogens with zero attached hydrogens (tertiary/aromatic N) is 3. The predicted octanol–water partition coefficient (Wildman–Crippen LogP) is 4.80. The van der Waals surface area contributed by atoms with E-state index < -0.39 is 23.7 Å². The fraction of sp³-hybridized carbons (Fsp3) is 0.286. The lowest BCUT2D eigenvalue weighted by Crippen LogP contribution is -2.27. The molecule has 3 aromatic rings. The Morgan fingerprint density at radius 2 is 1.90 bits per heavy atom. The molecule has 0 saturated carbocycles. The Morgan fingerprint density at radius 3 is 2.58 bits per heavy atom. The largest absolute Gasteiger partial charge is 0.416 e. The zero-order valence-electron chi connectivity index (χ0n) is 16.8. The van der Waals surface area contributed by atoms with Crippen molar-refractivity contribution in [1.29, 1.82) is 0 Å². The highest BCUT2D eigenvalue weighted by molar-refractivity contribution is 7.99. The molecule has 0 aliphatic carbocycles. The summed E-state index contributed by atoms with van der Waals surface area (Å²) in [6, 6.07) is 13.7. The summed E-state index contributed by atoms with van der Waals surface area (Å²) in [6.45, 7) is 1.79. The Morgan fingerprint density at radius 1 is 1.16 bits per heavy atom. The molecule has 3 rings (SSSR count). The van der Waals surface area contributed by atoms with Gasteiger partial charge in [0.25, 0.3) is 0 Å². The molecule has 2 aromatic carbocycles. The summed E-state index contributed by atoms with van der Waals surface area (Å²) in [6.07, 6.45) is -3.34. The van der Waals surface area contributed by atoms with Gasteiger partial charge in [0.15, 0.2) is 5.16 Å². The lowest BCUT2D eigenvalue weighted by molar-refractivity contribution is -0.137. The Bertz CT molecular complexity index is 1020. The van der Waals surface area contributed by atoms with Crippen molar-refractivity contribution in [3.05, 3.63) is 65.7 Å². The van der Waals surface area contributed by atoms with Gasteiger partial charge in [0.2, 0.25) is 11.9 Å². The fourth-order valence-corrected chi connectivity index (χ4v) is 4.05. The number of nitrogens with two attached hydrogens (primary N) is 1. The van der Waals surface area contributed by atoms with E-state index in [0.29, 0.717) is 17.3 Å². The number of hydrogen-bond acceptors (Lipinski definition) is 5. The molecular formula is C21H22F3N5OS. The third kappa shape index (κ3) is 5.78. The number of thioether (sulfide) groups is 1. The number of nitrogen functional groups attached to an aromatic ring is 1. The summed E-state index contributed by atoms with van der Waals surface area (Å²) >= 11 is 1.42. The van der Waals surface area contributed by atoms with Crippen LogP contribution in [0.2, 0.25) is 0 Å². The van der Waals surface area contributed by atoms with Crippen LogP contribution in [0, 0.1) is 0 Å². The number of aryl methyl sites for hydroxylation is 1. The van der Waals surface area contributed by atoms with E-state index in [-0.39, 0.29) is 11.6 Å². The van der Waals surface area contributed by atoms with Crippen molar-refractivity contribution in [3.63, 3.8) is 0 Å². The van der Waals surface area contributed by atoms with Gasteiger partial charge in [-0.1, -0.05) is 55.1 Å². The average Bonchev–Trinajstić information content (AvgIpc) is 3.09. The fourth-order valence-electron chi connectivity index (χ4n) is 3.07. The summed E-state index contributed by atoms with van der Waals surface area (Å²) < 4.78 is 40.4. The molecular weight excluding hydrogens is 427 g/mol. The molecule has 6 nitrogen and oxygen atoms in total. The van der Waals surface area contributed by atoms with Crippen molar-refractivity contribution < 1.29 is 18.0 Å². The van der Waals surface area contributed by atoms with Crippen molar-refractivity contribution in [2.75, 3.05) is 16.8 Å². The first-order chi connectivity index (χ1) is 14.8. The molecule has 1 unspecified atom stereocenters. The van der Waals surface area contributed by atoms with Crippen LogP contribution in [-0.2, 0) is 17.4 Å². The van der Waals surface area contributed by atoms with Crippen molar-refractivity contribution in [1.82, 2.24) is 14.8 Å². The van der Waals surface area contributed by atoms with E-state index in [1.165, 1.54) is 34.0 Å². The van der Waals surface area contributed by atoms with Crippen LogP contribution in [0.5, 0.6) is 0 Å². The van der Waals surface area contributed by atoms with Crippen LogP contribution < -0.4 is 11.1 Å². The minimum Gasteiger partial charge on any atom is -0.368 e. The summed E-state index contributed by atoms with van der Waals surface area (Å²) in [7, 11) is 0. The molecule has 0 radical (unpaired) electrons. The van der Waals surface area contributed by atoms with Gasteiger partial charge in [-0.05, 0) is 36.6 Å². The molecule has 3 N–H and O–H groups in total. The highest BCUT2D eigenvalue weighted by Crippen LogP contribution is 2.31. The van der Waals surface area contributed by atoms with Crippen molar-refractivity contribution in [2.24, 2.45) is 0 Å². The number of amides is 1. The van der Waals surface area contributed by atoms with Gasteiger partial charge in [0, 0.05) is 11.4 Å². The average molecular weight is 450 g/mol. The lowest BCUT2D eigenvalue weighted by atomic mass is 10.1. The second-order valence-electron chi connectivity index (χ2n) is 6.79. The number of aromatic nitrogens is 3. The van der Waals surface area contributed by atoms with Gasteiger partial charge in [-0.15, -0.1) is 10.2 Å². The van der Waals surface area contributed by atoms with E-state index in [2.05, 4.69) is 15.5 Å². The number of carbonyl (C=O) groups excluding carboxylic acids is 1. The highest BCUT2D eigenvalue weighted by atomic mass is 32.2. The van der Waals surface area contributed by atoms with Gasteiger partial charge in [-0.25, -0.2) is 0 Å². The van der Waals surface area contributed by atoms with Gasteiger partial charge < -0.3 is 11.1 Å². The van der Waals surface area contributed by atoms with Gasteiger partial charge in [0.05, 0.1) is 5.56 Å². The van der Waals surface area contributed by atoms with E-state index in [1.54, 1.807) is 6.92 Å². The Balaban J connectivity index is 1.73. The van der Waals surface area contributed by atoms with Crippen LogP contribution in [0.3, 0.4) is 0 Å². The number of rotatable bonds is 8. The maximum absolute atomic E-state index is 12.9. The van der Waals surface area contributed by atoms with E-state index in [1.807, 2.05) is 30.3 Å². The van der Waals surface area contributed by atoms with Crippen LogP contribution in [-0.4, -0.2) is 26.4 Å². The maximum Gasteiger partial charge on any atom is 0.416 e. The molecule has 1 aromatic heterocycles. The van der Waals surface area contributed by atoms with Crippen LogP contribution >= 0.6 is 11.8 Å². The number of alkyl halides is 3. The minimum atomic E-state index is -4.49. The van der Waals surface area contributed by atoms with Crippen molar-refractivity contribution in [2.45, 2.75) is 37.1 Å². The number of anilines is 2. The summed E-state index contributed by atoms with van der Waals surface area (Å²) in [5.41, 5.74) is 6.35. The van der Waals surface area contributed by atoms with Crippen LogP contribution in [0.25, 0.3) is 0 Å². The monoisotopic (exact) mass is 449 g/mol. The van der Waals surface area contributed by atoms with Gasteiger partial charge in [-0.2, -0.15) is 13.2 Å². The molecule has 0 aliphatic rings. The smallest absolute Gasteiger partial charge is 0.368 e. The van der Waals surface area contributed by atoms with E-state index in [4.69, 9.17) is 5.73 Å².